The van der Waals surface area contributed by atoms with Crippen molar-refractivity contribution in [3.63, 3.8) is 0 Å². The van der Waals surface area contributed by atoms with Gasteiger partial charge < -0.3 is 0 Å². The van der Waals surface area contributed by atoms with Gasteiger partial charge in [-0.1, -0.05) is 30.6 Å². The van der Waals surface area contributed by atoms with Crippen LogP contribution in [0, 0.1) is 0 Å². The molecule has 0 radical (unpaired) electrons. The monoisotopic (exact) mass is 142 g/mol. The maximum Gasteiger partial charge on any atom is 0.165 e. The van der Waals surface area contributed by atoms with E-state index in [0.717, 1.165) is 0 Å². The second-order valence-corrected chi connectivity index (χ2v) is 2.01. The third-order valence-electron chi connectivity index (χ3n) is 0.307. The predicted molar refractivity (Wildman–Crippen MR) is 32.9 cm³/mol. The van der Waals surface area contributed by atoms with Crippen molar-refractivity contribution >= 4 is 29.0 Å². The molecule has 0 aromatic rings. The van der Waals surface area contributed by atoms with Crippen LogP contribution in [0.2, 0.25) is 0 Å². The highest BCUT2D eigenvalue weighted by Gasteiger charge is 2.01. The molecule has 0 rings (SSSR count). The average Bonchev–Trinajstić information content (AvgIpc) is 1.36. The van der Waals surface area contributed by atoms with Crippen LogP contribution >= 0.6 is 23.2 Å². The third-order valence-corrected chi connectivity index (χ3v) is 0.922. The summed E-state index contributed by atoms with van der Waals surface area (Å²) in [6, 6.07) is 0. The molecule has 0 aliphatic rings. The maximum absolute atomic E-state index is 9.88. The molecule has 0 N–H and O–H groups in total. The summed E-state index contributed by atoms with van der Waals surface area (Å²) < 4.78 is 0. The zero-order valence-corrected chi connectivity index (χ0v) is 4.75. The van der Waals surface area contributed by atoms with Gasteiger partial charge in [-0.15, -0.1) is 0 Å². The molecule has 0 saturated carbocycles. The Morgan fingerprint density at radius 3 is 1.71 bits per heavy atom. The van der Waals surface area contributed by atoms with Crippen molar-refractivity contribution < 1.29 is 4.79 Å². The molecule has 0 bridgehead atoms. The Labute approximate surface area is 53.6 Å². The van der Waals surface area contributed by atoms with Crippen molar-refractivity contribution in [3.05, 3.63) is 0 Å². The molecule has 0 saturated heterocycles. The van der Waals surface area contributed by atoms with E-state index >= 15 is 0 Å². The fraction of sp³-hybridized carbons (Fsp3) is 0.750. The number of carbonyl (C=O) groups is 1. The Hall–Kier alpha value is 0.250. The molecule has 0 fully saturated rings. The van der Waals surface area contributed by atoms with Crippen LogP contribution in [0.5, 0.6) is 0 Å². The summed E-state index contributed by atoms with van der Waals surface area (Å²) in [5, 5.41) is 0. The minimum absolute atomic E-state index is 0. The highest BCUT2D eigenvalue weighted by atomic mass is 35.5. The SMILES string of the molecule is C.CC(=O)C(Cl)Cl. The molecule has 0 aromatic carbocycles. The number of alkyl halides is 2. The lowest BCUT2D eigenvalue weighted by molar-refractivity contribution is -0.115. The number of carbonyl (C=O) groups excluding carboxylic acids is 1. The molecule has 0 aliphatic heterocycles. The molecule has 0 aromatic heterocycles. The van der Waals surface area contributed by atoms with Crippen LogP contribution in [0.4, 0.5) is 0 Å². The van der Waals surface area contributed by atoms with E-state index in [9.17, 15) is 4.79 Å². The first-order chi connectivity index (χ1) is 2.64. The van der Waals surface area contributed by atoms with E-state index in [4.69, 9.17) is 23.2 Å². The summed E-state index contributed by atoms with van der Waals surface area (Å²) in [5.41, 5.74) is 0. The van der Waals surface area contributed by atoms with Crippen LogP contribution in [0.3, 0.4) is 0 Å². The second-order valence-electron chi connectivity index (χ2n) is 0.911. The molecular weight excluding hydrogens is 135 g/mol. The van der Waals surface area contributed by atoms with Gasteiger partial charge in [-0.05, 0) is 6.92 Å². The number of hydrogen-bond acceptors (Lipinski definition) is 1. The molecule has 0 unspecified atom stereocenters. The van der Waals surface area contributed by atoms with Crippen molar-refractivity contribution in [3.8, 4) is 0 Å². The largest absolute Gasteiger partial charge is 0.297 e. The zero-order chi connectivity index (χ0) is 5.15. The van der Waals surface area contributed by atoms with Gasteiger partial charge in [0.15, 0.2) is 10.6 Å². The van der Waals surface area contributed by atoms with Gasteiger partial charge in [-0.3, -0.25) is 4.79 Å². The summed E-state index contributed by atoms with van der Waals surface area (Å²) in [6.07, 6.45) is 0. The van der Waals surface area contributed by atoms with Gasteiger partial charge in [-0.2, -0.15) is 0 Å². The summed E-state index contributed by atoms with van der Waals surface area (Å²) >= 11 is 10.1. The quantitative estimate of drug-likeness (QED) is 0.513. The Morgan fingerprint density at radius 2 is 1.71 bits per heavy atom. The Bertz CT molecular complexity index is 60.7. The van der Waals surface area contributed by atoms with E-state index in [2.05, 4.69) is 0 Å². The number of ketones is 1. The molecule has 1 nitrogen and oxygen atoms in total. The number of rotatable bonds is 1. The first-order valence-corrected chi connectivity index (χ1v) is 2.30. The van der Waals surface area contributed by atoms with E-state index in [1.807, 2.05) is 0 Å². The van der Waals surface area contributed by atoms with E-state index in [-0.39, 0.29) is 13.2 Å². The number of hydrogen-bond donors (Lipinski definition) is 0. The maximum atomic E-state index is 9.88. The van der Waals surface area contributed by atoms with Gasteiger partial charge in [-0.25, -0.2) is 0 Å². The van der Waals surface area contributed by atoms with Crippen molar-refractivity contribution in [1.29, 1.82) is 0 Å². The molecule has 0 spiro atoms. The van der Waals surface area contributed by atoms with Crippen molar-refractivity contribution in [2.75, 3.05) is 0 Å². The Kier molecular flexibility index (Phi) is 6.47. The van der Waals surface area contributed by atoms with E-state index in [0.29, 0.717) is 0 Å². The van der Waals surface area contributed by atoms with Crippen LogP contribution in [0.1, 0.15) is 14.4 Å². The molecule has 7 heavy (non-hydrogen) atoms. The van der Waals surface area contributed by atoms with Crippen LogP contribution in [0.15, 0.2) is 0 Å². The molecule has 0 amide bonds. The van der Waals surface area contributed by atoms with Crippen LogP contribution in [-0.2, 0) is 4.79 Å². The van der Waals surface area contributed by atoms with Gasteiger partial charge in [0.2, 0.25) is 0 Å². The van der Waals surface area contributed by atoms with Crippen molar-refractivity contribution in [2.24, 2.45) is 0 Å². The minimum atomic E-state index is -0.843. The van der Waals surface area contributed by atoms with Gasteiger partial charge in [0.25, 0.3) is 0 Å². The third kappa shape index (κ3) is 6.25. The summed E-state index contributed by atoms with van der Waals surface area (Å²) in [4.78, 5) is 9.04. The highest BCUT2D eigenvalue weighted by molar-refractivity contribution is 6.53. The van der Waals surface area contributed by atoms with Gasteiger partial charge in [0, 0.05) is 0 Å². The standard InChI is InChI=1S/C3H4Cl2O.CH4/c1-2(6)3(4)5;/h3H,1H3;1H4. The first kappa shape index (κ1) is 10.3. The smallest absolute Gasteiger partial charge is 0.165 e. The molecule has 3 heteroatoms. The van der Waals surface area contributed by atoms with Crippen molar-refractivity contribution in [2.45, 2.75) is 19.2 Å². The fourth-order valence-electron chi connectivity index (χ4n) is 0. The first-order valence-electron chi connectivity index (χ1n) is 1.43. The lowest BCUT2D eigenvalue weighted by atomic mass is 10.5. The number of halogens is 2. The van der Waals surface area contributed by atoms with Crippen LogP contribution in [-0.4, -0.2) is 10.6 Å². The average molecular weight is 143 g/mol. The van der Waals surface area contributed by atoms with E-state index in [1.54, 1.807) is 0 Å². The fourth-order valence-corrected chi connectivity index (χ4v) is 0. The summed E-state index contributed by atoms with van der Waals surface area (Å²) in [7, 11) is 0. The second kappa shape index (κ2) is 4.41. The Morgan fingerprint density at radius 1 is 1.57 bits per heavy atom. The highest BCUT2D eigenvalue weighted by Crippen LogP contribution is 2.00. The number of Topliss-reactive ketones (excluding diaryl/α,β-unsaturated/α-hetero) is 1. The van der Waals surface area contributed by atoms with Crippen molar-refractivity contribution in [1.82, 2.24) is 0 Å². The van der Waals surface area contributed by atoms with E-state index < -0.39 is 4.84 Å². The lowest BCUT2D eigenvalue weighted by Gasteiger charge is -1.85. The van der Waals surface area contributed by atoms with Crippen LogP contribution in [0.25, 0.3) is 0 Å². The Balaban J connectivity index is 0. The molecule has 0 heterocycles. The lowest BCUT2D eigenvalue weighted by Crippen LogP contribution is -1.99. The molecule has 0 aliphatic carbocycles. The van der Waals surface area contributed by atoms with E-state index in [1.165, 1.54) is 6.92 Å². The normalized spacial score (nSPS) is 8.00. The summed E-state index contributed by atoms with van der Waals surface area (Å²) in [6.45, 7) is 1.34. The van der Waals surface area contributed by atoms with Gasteiger partial charge >= 0.3 is 0 Å². The van der Waals surface area contributed by atoms with Crippen LogP contribution < -0.4 is 0 Å². The molecule has 44 valence electrons. The summed E-state index contributed by atoms with van der Waals surface area (Å²) in [5.74, 6) is -0.210. The predicted octanol–water partition coefficient (Wildman–Crippen LogP) is 2.02. The van der Waals surface area contributed by atoms with Gasteiger partial charge in [0.05, 0.1) is 0 Å². The topological polar surface area (TPSA) is 17.1 Å². The molecule has 0 atom stereocenters. The molecular formula is C4H8Cl2O. The zero-order valence-electron chi connectivity index (χ0n) is 3.24. The van der Waals surface area contributed by atoms with Gasteiger partial charge in [0.1, 0.15) is 0 Å². The minimum Gasteiger partial charge on any atom is -0.297 e.